The summed E-state index contributed by atoms with van der Waals surface area (Å²) in [4.78, 5) is 4.06. The molecule has 16 heavy (non-hydrogen) atoms. The molecule has 0 amide bonds. The van der Waals surface area contributed by atoms with E-state index in [1.54, 1.807) is 16.8 Å². The molecule has 0 fully saturated rings. The molecule has 1 aromatic heterocycles. The molecule has 84 valence electrons. The molecular weight excluding hydrogens is 272 g/mol. The third kappa shape index (κ3) is 2.33. The van der Waals surface area contributed by atoms with Gasteiger partial charge in [-0.3, -0.25) is 4.68 Å². The van der Waals surface area contributed by atoms with E-state index in [1.807, 2.05) is 13.1 Å². The third-order valence-electron chi connectivity index (χ3n) is 2.12. The molecule has 0 aliphatic heterocycles. The Kier molecular flexibility index (Phi) is 3.09. The van der Waals surface area contributed by atoms with E-state index in [4.69, 9.17) is 10.5 Å². The minimum atomic E-state index is 0.360. The molecule has 0 saturated heterocycles. The van der Waals surface area contributed by atoms with Gasteiger partial charge in [-0.05, 0) is 28.1 Å². The summed E-state index contributed by atoms with van der Waals surface area (Å²) < 4.78 is 8.12. The molecule has 6 heteroatoms. The predicted octanol–water partition coefficient (Wildman–Crippen LogP) is 1.74. The highest BCUT2D eigenvalue weighted by Gasteiger charge is 2.05. The maximum atomic E-state index is 5.67. The van der Waals surface area contributed by atoms with Gasteiger partial charge in [0, 0.05) is 18.8 Å². The zero-order valence-corrected chi connectivity index (χ0v) is 10.3. The van der Waals surface area contributed by atoms with E-state index in [1.165, 1.54) is 6.33 Å². The van der Waals surface area contributed by atoms with Crippen LogP contribution in [0, 0.1) is 0 Å². The molecule has 0 saturated carbocycles. The van der Waals surface area contributed by atoms with Gasteiger partial charge in [0.1, 0.15) is 18.7 Å². The molecule has 0 unspecified atom stereocenters. The Morgan fingerprint density at radius 3 is 3.00 bits per heavy atom. The van der Waals surface area contributed by atoms with Crippen LogP contribution in [0.2, 0.25) is 0 Å². The zero-order valence-electron chi connectivity index (χ0n) is 8.72. The van der Waals surface area contributed by atoms with Crippen molar-refractivity contribution in [3.63, 3.8) is 0 Å². The number of ether oxygens (including phenoxy) is 1. The predicted molar refractivity (Wildman–Crippen MR) is 63.9 cm³/mol. The molecule has 1 heterocycles. The summed E-state index contributed by atoms with van der Waals surface area (Å²) in [7, 11) is 1.82. The number of benzene rings is 1. The van der Waals surface area contributed by atoms with E-state index < -0.39 is 0 Å². The minimum absolute atomic E-state index is 0.360. The standard InChI is InChI=1S/C10H11BrN4O/c1-15-10(13-6-14-15)5-16-9-4-7(12)2-3-8(9)11/h2-4,6H,5,12H2,1H3. The lowest BCUT2D eigenvalue weighted by Gasteiger charge is -2.08. The smallest absolute Gasteiger partial charge is 0.164 e. The number of hydrogen-bond donors (Lipinski definition) is 1. The van der Waals surface area contributed by atoms with Gasteiger partial charge in [0.15, 0.2) is 5.82 Å². The van der Waals surface area contributed by atoms with Crippen LogP contribution in [-0.2, 0) is 13.7 Å². The van der Waals surface area contributed by atoms with Gasteiger partial charge in [-0.2, -0.15) is 5.10 Å². The summed E-state index contributed by atoms with van der Waals surface area (Å²) in [6.07, 6.45) is 1.49. The number of aryl methyl sites for hydroxylation is 1. The quantitative estimate of drug-likeness (QED) is 0.871. The number of nitrogens with zero attached hydrogens (tertiary/aromatic N) is 3. The van der Waals surface area contributed by atoms with Crippen molar-refractivity contribution in [2.45, 2.75) is 6.61 Å². The van der Waals surface area contributed by atoms with Gasteiger partial charge in [-0.25, -0.2) is 4.98 Å². The summed E-state index contributed by atoms with van der Waals surface area (Å²) in [6, 6.07) is 5.42. The van der Waals surface area contributed by atoms with Crippen LogP contribution in [0.5, 0.6) is 5.75 Å². The van der Waals surface area contributed by atoms with Crippen molar-refractivity contribution in [3.05, 3.63) is 34.8 Å². The van der Waals surface area contributed by atoms with E-state index in [-0.39, 0.29) is 0 Å². The van der Waals surface area contributed by atoms with Crippen molar-refractivity contribution in [3.8, 4) is 5.75 Å². The monoisotopic (exact) mass is 282 g/mol. The lowest BCUT2D eigenvalue weighted by atomic mass is 10.3. The summed E-state index contributed by atoms with van der Waals surface area (Å²) in [5, 5.41) is 3.96. The fourth-order valence-electron chi connectivity index (χ4n) is 1.22. The molecule has 2 aromatic rings. The van der Waals surface area contributed by atoms with Gasteiger partial charge in [0.25, 0.3) is 0 Å². The van der Waals surface area contributed by atoms with Crippen LogP contribution in [0.4, 0.5) is 5.69 Å². The SMILES string of the molecule is Cn1ncnc1COc1cc(N)ccc1Br. The largest absolute Gasteiger partial charge is 0.484 e. The van der Waals surface area contributed by atoms with Crippen LogP contribution in [0.1, 0.15) is 5.82 Å². The first-order chi connectivity index (χ1) is 7.66. The molecule has 0 aliphatic rings. The van der Waals surface area contributed by atoms with Crippen molar-refractivity contribution in [2.75, 3.05) is 5.73 Å². The lowest BCUT2D eigenvalue weighted by molar-refractivity contribution is 0.288. The molecule has 1 aromatic carbocycles. The van der Waals surface area contributed by atoms with Crippen LogP contribution in [0.3, 0.4) is 0 Å². The highest BCUT2D eigenvalue weighted by molar-refractivity contribution is 9.10. The van der Waals surface area contributed by atoms with Crippen LogP contribution in [-0.4, -0.2) is 14.8 Å². The maximum absolute atomic E-state index is 5.67. The van der Waals surface area contributed by atoms with Gasteiger partial charge in [0.2, 0.25) is 0 Å². The normalized spacial score (nSPS) is 10.4. The van der Waals surface area contributed by atoms with Crippen molar-refractivity contribution in [1.29, 1.82) is 0 Å². The van der Waals surface area contributed by atoms with Crippen LogP contribution < -0.4 is 10.5 Å². The number of anilines is 1. The number of aromatic nitrogens is 3. The number of nitrogens with two attached hydrogens (primary N) is 1. The molecule has 5 nitrogen and oxygen atoms in total. The molecule has 2 rings (SSSR count). The van der Waals surface area contributed by atoms with Crippen LogP contribution in [0.15, 0.2) is 29.0 Å². The average Bonchev–Trinajstić information content (AvgIpc) is 2.66. The Bertz CT molecular complexity index is 497. The fourth-order valence-corrected chi connectivity index (χ4v) is 1.58. The topological polar surface area (TPSA) is 66.0 Å². The summed E-state index contributed by atoms with van der Waals surface area (Å²) >= 11 is 3.39. The molecule has 0 spiro atoms. The molecule has 0 aliphatic carbocycles. The second kappa shape index (κ2) is 4.52. The third-order valence-corrected chi connectivity index (χ3v) is 2.77. The molecular formula is C10H11BrN4O. The van der Waals surface area contributed by atoms with Crippen LogP contribution in [0.25, 0.3) is 0 Å². The van der Waals surface area contributed by atoms with E-state index in [9.17, 15) is 0 Å². The maximum Gasteiger partial charge on any atom is 0.164 e. The highest BCUT2D eigenvalue weighted by Crippen LogP contribution is 2.27. The second-order valence-corrected chi connectivity index (χ2v) is 4.13. The van der Waals surface area contributed by atoms with E-state index >= 15 is 0 Å². The van der Waals surface area contributed by atoms with E-state index in [2.05, 4.69) is 26.0 Å². The lowest BCUT2D eigenvalue weighted by Crippen LogP contribution is -2.04. The first kappa shape index (κ1) is 10.9. The zero-order chi connectivity index (χ0) is 11.5. The Labute approximate surface area is 101 Å². The van der Waals surface area contributed by atoms with Gasteiger partial charge < -0.3 is 10.5 Å². The van der Waals surface area contributed by atoms with Gasteiger partial charge >= 0.3 is 0 Å². The minimum Gasteiger partial charge on any atom is -0.484 e. The first-order valence-electron chi connectivity index (χ1n) is 4.67. The summed E-state index contributed by atoms with van der Waals surface area (Å²) in [5.41, 5.74) is 6.34. The number of nitrogen functional groups attached to an aromatic ring is 1. The van der Waals surface area contributed by atoms with Gasteiger partial charge in [-0.1, -0.05) is 0 Å². The van der Waals surface area contributed by atoms with Crippen molar-refractivity contribution in [2.24, 2.45) is 7.05 Å². The molecule has 2 N–H and O–H groups in total. The Morgan fingerprint density at radius 1 is 1.50 bits per heavy atom. The summed E-state index contributed by atoms with van der Waals surface area (Å²) in [5.74, 6) is 1.46. The Morgan fingerprint density at radius 2 is 2.31 bits per heavy atom. The van der Waals surface area contributed by atoms with Gasteiger partial charge in [0.05, 0.1) is 4.47 Å². The Balaban J connectivity index is 2.10. The molecule has 0 atom stereocenters. The van der Waals surface area contributed by atoms with E-state index in [0.717, 1.165) is 10.3 Å². The van der Waals surface area contributed by atoms with Crippen molar-refractivity contribution >= 4 is 21.6 Å². The van der Waals surface area contributed by atoms with Crippen LogP contribution >= 0.6 is 15.9 Å². The van der Waals surface area contributed by atoms with E-state index in [0.29, 0.717) is 18.0 Å². The van der Waals surface area contributed by atoms with Crippen molar-refractivity contribution < 1.29 is 4.74 Å². The second-order valence-electron chi connectivity index (χ2n) is 3.28. The van der Waals surface area contributed by atoms with Crippen molar-refractivity contribution in [1.82, 2.24) is 14.8 Å². The first-order valence-corrected chi connectivity index (χ1v) is 5.47. The number of hydrogen-bond acceptors (Lipinski definition) is 4. The Hall–Kier alpha value is -1.56. The molecule has 0 bridgehead atoms. The number of rotatable bonds is 3. The molecule has 0 radical (unpaired) electrons. The average molecular weight is 283 g/mol. The highest BCUT2D eigenvalue weighted by atomic mass is 79.9. The fraction of sp³-hybridized carbons (Fsp3) is 0.200. The number of halogens is 1. The van der Waals surface area contributed by atoms with Gasteiger partial charge in [-0.15, -0.1) is 0 Å². The summed E-state index contributed by atoms with van der Waals surface area (Å²) in [6.45, 7) is 0.360.